The van der Waals surface area contributed by atoms with Crippen LogP contribution < -0.4 is 5.73 Å². The number of rotatable bonds is 3. The quantitative estimate of drug-likeness (QED) is 0.735. The van der Waals surface area contributed by atoms with Crippen LogP contribution >= 0.6 is 0 Å². The van der Waals surface area contributed by atoms with E-state index < -0.39 is 5.82 Å². The molecule has 1 aromatic carbocycles. The Morgan fingerprint density at radius 3 is 2.90 bits per heavy atom. The zero-order valence-corrected chi connectivity index (χ0v) is 11.7. The number of anilines is 1. The normalized spacial score (nSPS) is 11.0. The minimum atomic E-state index is -0.393. The van der Waals surface area contributed by atoms with Gasteiger partial charge in [-0.2, -0.15) is 9.78 Å². The lowest BCUT2D eigenvalue weighted by Gasteiger charge is -2.06. The van der Waals surface area contributed by atoms with Crippen molar-refractivity contribution in [2.45, 2.75) is 13.3 Å². The Kier molecular flexibility index (Phi) is 3.13. The Morgan fingerprint density at radius 1 is 1.33 bits per heavy atom. The van der Waals surface area contributed by atoms with Crippen LogP contribution in [0, 0.1) is 5.82 Å². The highest BCUT2D eigenvalue weighted by atomic mass is 19.1. The predicted octanol–water partition coefficient (Wildman–Crippen LogP) is 1.35. The van der Waals surface area contributed by atoms with Gasteiger partial charge in [0.15, 0.2) is 5.82 Å². The van der Waals surface area contributed by atoms with E-state index in [1.807, 2.05) is 20.2 Å². The van der Waals surface area contributed by atoms with Crippen molar-refractivity contribution in [1.82, 2.24) is 30.0 Å². The first kappa shape index (κ1) is 13.2. The van der Waals surface area contributed by atoms with Gasteiger partial charge in [0, 0.05) is 18.3 Å². The summed E-state index contributed by atoms with van der Waals surface area (Å²) in [4.78, 5) is 0. The third-order valence-corrected chi connectivity index (χ3v) is 3.17. The maximum Gasteiger partial charge on any atom is 0.189 e. The lowest BCUT2D eigenvalue weighted by atomic mass is 10.1. The molecule has 0 fully saturated rings. The van der Waals surface area contributed by atoms with Crippen LogP contribution in [0.2, 0.25) is 0 Å². The Balaban J connectivity index is 2.19. The van der Waals surface area contributed by atoms with Gasteiger partial charge in [-0.3, -0.25) is 4.68 Å². The molecule has 2 N–H and O–H groups in total. The molecule has 0 atom stereocenters. The second kappa shape index (κ2) is 4.97. The van der Waals surface area contributed by atoms with Crippen LogP contribution in [-0.2, 0) is 13.5 Å². The van der Waals surface area contributed by atoms with Gasteiger partial charge in [0.2, 0.25) is 0 Å². The molecule has 108 valence electrons. The number of halogens is 1. The van der Waals surface area contributed by atoms with Crippen LogP contribution in [0.4, 0.5) is 10.1 Å². The maximum absolute atomic E-state index is 13.5. The van der Waals surface area contributed by atoms with Crippen molar-refractivity contribution in [3.05, 3.63) is 35.9 Å². The molecule has 0 unspecified atom stereocenters. The molecule has 0 bridgehead atoms. The monoisotopic (exact) mass is 287 g/mol. The Labute approximate surface area is 120 Å². The number of aromatic nitrogens is 6. The zero-order valence-electron chi connectivity index (χ0n) is 11.7. The van der Waals surface area contributed by atoms with E-state index in [-0.39, 0.29) is 0 Å². The van der Waals surface area contributed by atoms with E-state index >= 15 is 0 Å². The summed E-state index contributed by atoms with van der Waals surface area (Å²) >= 11 is 0. The van der Waals surface area contributed by atoms with Crippen molar-refractivity contribution < 1.29 is 4.39 Å². The number of hydrogen-bond acceptors (Lipinski definition) is 5. The van der Waals surface area contributed by atoms with Crippen LogP contribution in [0.5, 0.6) is 0 Å². The van der Waals surface area contributed by atoms with Gasteiger partial charge in [-0.1, -0.05) is 6.92 Å². The van der Waals surface area contributed by atoms with Gasteiger partial charge >= 0.3 is 0 Å². The van der Waals surface area contributed by atoms with Crippen molar-refractivity contribution >= 4 is 5.69 Å². The number of benzene rings is 1. The van der Waals surface area contributed by atoms with Gasteiger partial charge in [-0.05, 0) is 35.0 Å². The van der Waals surface area contributed by atoms with Crippen LogP contribution in [-0.4, -0.2) is 30.0 Å². The molecule has 21 heavy (non-hydrogen) atoms. The molecule has 3 rings (SSSR count). The lowest BCUT2D eigenvalue weighted by molar-refractivity contribution is 0.628. The zero-order chi connectivity index (χ0) is 15.0. The highest BCUT2D eigenvalue weighted by molar-refractivity contribution is 5.72. The Bertz CT molecular complexity index is 790. The predicted molar refractivity (Wildman–Crippen MR) is 75.1 cm³/mol. The summed E-state index contributed by atoms with van der Waals surface area (Å²) in [7, 11) is 1.82. The summed E-state index contributed by atoms with van der Waals surface area (Å²) < 4.78 is 16.7. The summed E-state index contributed by atoms with van der Waals surface area (Å²) in [5.41, 5.74) is 8.37. The largest absolute Gasteiger partial charge is 0.398 e. The van der Waals surface area contributed by atoms with E-state index in [0.717, 1.165) is 17.8 Å². The molecular formula is C13H14FN7. The molecule has 7 nitrogen and oxygen atoms in total. The van der Waals surface area contributed by atoms with E-state index in [4.69, 9.17) is 5.73 Å². The summed E-state index contributed by atoms with van der Waals surface area (Å²) in [5.74, 6) is -0.00893. The number of nitrogens with two attached hydrogens (primary N) is 1. The number of tetrazole rings is 1. The SMILES string of the molecule is CCc1nn(C)cc1-n1nnnc1-c1cc(F)ccc1N. The first-order valence-electron chi connectivity index (χ1n) is 6.46. The standard InChI is InChI=1S/C13H14FN7/c1-3-11-12(7-20(2)17-11)21-13(16-18-19-21)9-6-8(14)4-5-10(9)15/h4-7H,3,15H2,1-2H3. The molecule has 0 spiro atoms. The highest BCUT2D eigenvalue weighted by Crippen LogP contribution is 2.27. The number of nitrogens with zero attached hydrogens (tertiary/aromatic N) is 6. The third kappa shape index (κ3) is 2.24. The number of aryl methyl sites for hydroxylation is 2. The minimum Gasteiger partial charge on any atom is -0.398 e. The molecule has 3 aromatic rings. The summed E-state index contributed by atoms with van der Waals surface area (Å²) in [6, 6.07) is 4.11. The number of hydrogen-bond donors (Lipinski definition) is 1. The molecule has 0 aliphatic rings. The minimum absolute atomic E-state index is 0.384. The molecule has 8 heteroatoms. The fraction of sp³-hybridized carbons (Fsp3) is 0.231. The van der Waals surface area contributed by atoms with Crippen molar-refractivity contribution in [3.8, 4) is 17.1 Å². The first-order chi connectivity index (χ1) is 10.1. The molecular weight excluding hydrogens is 273 g/mol. The molecule has 2 aromatic heterocycles. The van der Waals surface area contributed by atoms with Gasteiger partial charge < -0.3 is 5.73 Å². The van der Waals surface area contributed by atoms with E-state index in [2.05, 4.69) is 20.6 Å². The van der Waals surface area contributed by atoms with Gasteiger partial charge in [0.05, 0.1) is 11.9 Å². The highest BCUT2D eigenvalue weighted by Gasteiger charge is 2.18. The van der Waals surface area contributed by atoms with Crippen LogP contribution in [0.1, 0.15) is 12.6 Å². The lowest BCUT2D eigenvalue weighted by Crippen LogP contribution is -2.03. The van der Waals surface area contributed by atoms with Crippen molar-refractivity contribution in [1.29, 1.82) is 0 Å². The average Bonchev–Trinajstić information content (AvgIpc) is 3.07. The summed E-state index contributed by atoms with van der Waals surface area (Å²) in [6.45, 7) is 1.99. The van der Waals surface area contributed by atoms with Gasteiger partial charge in [0.1, 0.15) is 11.5 Å². The van der Waals surface area contributed by atoms with Gasteiger partial charge in [-0.15, -0.1) is 5.10 Å². The fourth-order valence-electron chi connectivity index (χ4n) is 2.19. The first-order valence-corrected chi connectivity index (χ1v) is 6.46. The molecule has 0 saturated carbocycles. The Morgan fingerprint density at radius 2 is 2.14 bits per heavy atom. The molecule has 0 radical (unpaired) electrons. The topological polar surface area (TPSA) is 87.4 Å². The van der Waals surface area contributed by atoms with E-state index in [1.54, 1.807) is 4.68 Å². The fourth-order valence-corrected chi connectivity index (χ4v) is 2.19. The molecule has 2 heterocycles. The number of nitrogen functional groups attached to an aromatic ring is 1. The summed E-state index contributed by atoms with van der Waals surface area (Å²) in [5, 5.41) is 16.0. The van der Waals surface area contributed by atoms with Gasteiger partial charge in [0.25, 0.3) is 0 Å². The third-order valence-electron chi connectivity index (χ3n) is 3.17. The van der Waals surface area contributed by atoms with Crippen molar-refractivity contribution in [2.75, 3.05) is 5.73 Å². The van der Waals surface area contributed by atoms with E-state index in [1.165, 1.54) is 22.9 Å². The average molecular weight is 287 g/mol. The molecule has 0 amide bonds. The van der Waals surface area contributed by atoms with Crippen LogP contribution in [0.3, 0.4) is 0 Å². The second-order valence-corrected chi connectivity index (χ2v) is 4.63. The van der Waals surface area contributed by atoms with Crippen molar-refractivity contribution in [2.24, 2.45) is 7.05 Å². The maximum atomic E-state index is 13.5. The Hall–Kier alpha value is -2.77. The van der Waals surface area contributed by atoms with Crippen LogP contribution in [0.15, 0.2) is 24.4 Å². The smallest absolute Gasteiger partial charge is 0.189 e. The van der Waals surface area contributed by atoms with Crippen molar-refractivity contribution in [3.63, 3.8) is 0 Å². The second-order valence-electron chi connectivity index (χ2n) is 4.63. The summed E-state index contributed by atoms with van der Waals surface area (Å²) in [6.07, 6.45) is 2.54. The van der Waals surface area contributed by atoms with E-state index in [0.29, 0.717) is 17.1 Å². The molecule has 0 saturated heterocycles. The van der Waals surface area contributed by atoms with E-state index in [9.17, 15) is 4.39 Å². The molecule has 0 aliphatic carbocycles. The molecule has 0 aliphatic heterocycles. The van der Waals surface area contributed by atoms with Gasteiger partial charge in [-0.25, -0.2) is 4.39 Å². The van der Waals surface area contributed by atoms with Crippen LogP contribution in [0.25, 0.3) is 17.1 Å².